The molecule has 0 saturated heterocycles. The predicted molar refractivity (Wildman–Crippen MR) is 125 cm³/mol. The van der Waals surface area contributed by atoms with E-state index in [1.54, 1.807) is 27.7 Å². The second-order valence-electron chi connectivity index (χ2n) is 11.8. The van der Waals surface area contributed by atoms with Gasteiger partial charge in [-0.2, -0.15) is 0 Å². The molecule has 1 unspecified atom stereocenters. The zero-order chi connectivity index (χ0) is 25.1. The highest BCUT2D eigenvalue weighted by atomic mass is 16.3. The highest BCUT2D eigenvalue weighted by Crippen LogP contribution is 2.62. The van der Waals surface area contributed by atoms with Crippen LogP contribution in [0.3, 0.4) is 0 Å². The summed E-state index contributed by atoms with van der Waals surface area (Å²) in [4.78, 5) is 41.2. The number of fused-ring (bicyclic) bond motifs is 1. The largest absolute Gasteiger partial charge is 0.510 e. The van der Waals surface area contributed by atoms with Crippen LogP contribution in [0.15, 0.2) is 23.0 Å². The van der Waals surface area contributed by atoms with E-state index < -0.39 is 57.0 Å². The van der Waals surface area contributed by atoms with Crippen molar-refractivity contribution in [3.05, 3.63) is 23.0 Å². The molecule has 0 aromatic carbocycles. The van der Waals surface area contributed by atoms with Crippen molar-refractivity contribution in [2.45, 2.75) is 98.2 Å². The number of Topliss-reactive ketones (excluding diaryl/α,β-unsaturated/α-hetero) is 3. The molecular weight excluding hydrogens is 420 g/mol. The molecule has 0 aliphatic heterocycles. The van der Waals surface area contributed by atoms with Crippen LogP contribution in [0.25, 0.3) is 0 Å². The second kappa shape index (κ2) is 8.16. The van der Waals surface area contributed by atoms with E-state index in [1.165, 1.54) is 0 Å². The highest BCUT2D eigenvalue weighted by Gasteiger charge is 2.68. The van der Waals surface area contributed by atoms with E-state index in [0.29, 0.717) is 19.3 Å². The number of aliphatic hydroxyl groups is 3. The molecule has 7 atom stereocenters. The number of hydrogen-bond donors (Lipinski definition) is 3. The predicted octanol–water partition coefficient (Wildman–Crippen LogP) is 4.24. The molecule has 6 nitrogen and oxygen atoms in total. The molecule has 33 heavy (non-hydrogen) atoms. The molecule has 3 aliphatic rings. The molecule has 184 valence electrons. The Morgan fingerprint density at radius 2 is 1.73 bits per heavy atom. The first-order valence-corrected chi connectivity index (χ1v) is 12.2. The summed E-state index contributed by atoms with van der Waals surface area (Å²) in [6.07, 6.45) is 3.56. The minimum atomic E-state index is -1.59. The third kappa shape index (κ3) is 3.83. The van der Waals surface area contributed by atoms with Gasteiger partial charge in [-0.25, -0.2) is 0 Å². The molecule has 0 radical (unpaired) electrons. The molecule has 2 saturated carbocycles. The number of rotatable bonds is 5. The highest BCUT2D eigenvalue weighted by molar-refractivity contribution is 6.31. The maximum atomic E-state index is 14.2. The molecule has 0 bridgehead atoms. The quantitative estimate of drug-likeness (QED) is 0.321. The standard InChI is InChI=1S/C27H40O6/c1-8-16(4)20(28)19-21(29)24(5,11-9-15(2)3)23(31)27(22(19)30)13-18-17(26(7,33)14-27)10-12-25(18,6)32/h9,16-18,30,32-33H,8,10-14H2,1-7H3/t16?,17-,18-,24+,25+,26+,27+/m0/s1. The summed E-state index contributed by atoms with van der Waals surface area (Å²) in [6, 6.07) is 0. The third-order valence-corrected chi connectivity index (χ3v) is 8.85. The van der Waals surface area contributed by atoms with Gasteiger partial charge in [0.2, 0.25) is 0 Å². The van der Waals surface area contributed by atoms with Crippen molar-refractivity contribution < 1.29 is 29.7 Å². The maximum Gasteiger partial charge on any atom is 0.183 e. The zero-order valence-electron chi connectivity index (χ0n) is 21.1. The van der Waals surface area contributed by atoms with E-state index >= 15 is 0 Å². The Balaban J connectivity index is 2.28. The van der Waals surface area contributed by atoms with Crippen LogP contribution in [-0.4, -0.2) is 43.9 Å². The molecule has 0 amide bonds. The van der Waals surface area contributed by atoms with Crippen molar-refractivity contribution in [3.63, 3.8) is 0 Å². The van der Waals surface area contributed by atoms with Gasteiger partial charge in [-0.05, 0) is 85.0 Å². The Morgan fingerprint density at radius 3 is 2.27 bits per heavy atom. The fraction of sp³-hybridized carbons (Fsp3) is 0.741. The lowest BCUT2D eigenvalue weighted by Gasteiger charge is -2.54. The summed E-state index contributed by atoms with van der Waals surface area (Å²) < 4.78 is 0. The van der Waals surface area contributed by atoms with Crippen LogP contribution >= 0.6 is 0 Å². The van der Waals surface area contributed by atoms with Crippen LogP contribution in [-0.2, 0) is 14.4 Å². The van der Waals surface area contributed by atoms with Crippen molar-refractivity contribution in [1.29, 1.82) is 0 Å². The summed E-state index contributed by atoms with van der Waals surface area (Å²) in [6.45, 7) is 12.2. The van der Waals surface area contributed by atoms with E-state index in [4.69, 9.17) is 0 Å². The molecule has 3 N–H and O–H groups in total. The minimum absolute atomic E-state index is 0.0725. The molecule has 0 aromatic heterocycles. The fourth-order valence-electron chi connectivity index (χ4n) is 6.53. The average Bonchev–Trinajstić information content (AvgIpc) is 3.04. The van der Waals surface area contributed by atoms with Crippen LogP contribution in [0.5, 0.6) is 0 Å². The Morgan fingerprint density at radius 1 is 1.12 bits per heavy atom. The summed E-state index contributed by atoms with van der Waals surface area (Å²) in [7, 11) is 0. The van der Waals surface area contributed by atoms with Crippen LogP contribution in [0.1, 0.15) is 87.0 Å². The molecule has 0 heterocycles. The number of carbonyl (C=O) groups excluding carboxylic acids is 3. The topological polar surface area (TPSA) is 112 Å². The average molecular weight is 461 g/mol. The van der Waals surface area contributed by atoms with Crippen LogP contribution in [0.2, 0.25) is 0 Å². The normalized spacial score (nSPS) is 41.8. The van der Waals surface area contributed by atoms with Crippen molar-refractivity contribution in [2.75, 3.05) is 0 Å². The van der Waals surface area contributed by atoms with Gasteiger partial charge in [0.1, 0.15) is 11.3 Å². The minimum Gasteiger partial charge on any atom is -0.510 e. The molecule has 6 heteroatoms. The van der Waals surface area contributed by atoms with Gasteiger partial charge in [-0.1, -0.05) is 25.5 Å². The SMILES string of the molecule is CCC(C)C(=O)C1=C(O)[C@]2(C[C@H]3[C@H](CC[C@@]3(C)O)[C@](C)(O)C2)C(=O)[C@](C)(CC=C(C)C)C1=O. The number of aliphatic hydroxyl groups excluding tert-OH is 1. The Kier molecular flexibility index (Phi) is 6.38. The van der Waals surface area contributed by atoms with Crippen molar-refractivity contribution in [1.82, 2.24) is 0 Å². The van der Waals surface area contributed by atoms with Gasteiger partial charge >= 0.3 is 0 Å². The molecule has 3 aliphatic carbocycles. The molecule has 2 fully saturated rings. The van der Waals surface area contributed by atoms with Gasteiger partial charge in [0, 0.05) is 5.92 Å². The Bertz CT molecular complexity index is 934. The van der Waals surface area contributed by atoms with Gasteiger partial charge in [0.05, 0.1) is 22.0 Å². The molecular formula is C27H40O6. The van der Waals surface area contributed by atoms with Crippen molar-refractivity contribution in [2.24, 2.45) is 28.6 Å². The summed E-state index contributed by atoms with van der Waals surface area (Å²) in [5, 5.41) is 34.1. The lowest BCUT2D eigenvalue weighted by atomic mass is 9.49. The Hall–Kier alpha value is -1.79. The van der Waals surface area contributed by atoms with E-state index in [0.717, 1.165) is 5.57 Å². The van der Waals surface area contributed by atoms with Crippen LogP contribution < -0.4 is 0 Å². The summed E-state index contributed by atoms with van der Waals surface area (Å²) in [5.41, 5.74) is -4.92. The maximum absolute atomic E-state index is 14.2. The number of hydrogen-bond acceptors (Lipinski definition) is 6. The van der Waals surface area contributed by atoms with Gasteiger partial charge in [0.15, 0.2) is 17.3 Å². The summed E-state index contributed by atoms with van der Waals surface area (Å²) >= 11 is 0. The van der Waals surface area contributed by atoms with E-state index in [1.807, 2.05) is 26.8 Å². The fourth-order valence-corrected chi connectivity index (χ4v) is 6.53. The van der Waals surface area contributed by atoms with E-state index in [9.17, 15) is 29.7 Å². The molecule has 1 spiro atoms. The van der Waals surface area contributed by atoms with Gasteiger partial charge in [0.25, 0.3) is 0 Å². The molecule has 3 rings (SSSR count). The van der Waals surface area contributed by atoms with Gasteiger partial charge < -0.3 is 15.3 Å². The zero-order valence-corrected chi connectivity index (χ0v) is 21.1. The van der Waals surface area contributed by atoms with Crippen LogP contribution in [0.4, 0.5) is 0 Å². The number of allylic oxidation sites excluding steroid dienone is 4. The van der Waals surface area contributed by atoms with Crippen molar-refractivity contribution in [3.8, 4) is 0 Å². The summed E-state index contributed by atoms with van der Waals surface area (Å²) in [5.74, 6) is -3.22. The van der Waals surface area contributed by atoms with Crippen LogP contribution in [0, 0.1) is 28.6 Å². The number of carbonyl (C=O) groups is 3. The monoisotopic (exact) mass is 460 g/mol. The Labute approximate surface area is 197 Å². The number of ketones is 3. The van der Waals surface area contributed by atoms with Crippen molar-refractivity contribution >= 4 is 17.3 Å². The lowest BCUT2D eigenvalue weighted by molar-refractivity contribution is -0.167. The van der Waals surface area contributed by atoms with Gasteiger partial charge in [-0.3, -0.25) is 14.4 Å². The second-order valence-corrected chi connectivity index (χ2v) is 11.8. The molecule has 0 aromatic rings. The first kappa shape index (κ1) is 25.8. The van der Waals surface area contributed by atoms with E-state index in [2.05, 4.69) is 0 Å². The first-order valence-electron chi connectivity index (χ1n) is 12.2. The smallest absolute Gasteiger partial charge is 0.183 e. The third-order valence-electron chi connectivity index (χ3n) is 8.85. The van der Waals surface area contributed by atoms with Gasteiger partial charge in [-0.15, -0.1) is 0 Å². The lowest BCUT2D eigenvalue weighted by Crippen LogP contribution is -2.61. The van der Waals surface area contributed by atoms with E-state index in [-0.39, 0.29) is 30.8 Å². The first-order chi connectivity index (χ1) is 15.0.